The maximum Gasteiger partial charge on any atom is 0.0976 e. The molecule has 0 saturated carbocycles. The Hall–Kier alpha value is -1.49. The van der Waals surface area contributed by atoms with Crippen LogP contribution in [0.1, 0.15) is 64.3 Å². The fourth-order valence-electron chi connectivity index (χ4n) is 2.59. The third-order valence-corrected chi connectivity index (χ3v) is 5.99. The second kappa shape index (κ2) is 9.13. The van der Waals surface area contributed by atoms with E-state index in [-0.39, 0.29) is 16.2 Å². The highest BCUT2D eigenvalue weighted by Crippen LogP contribution is 2.25. The minimum atomic E-state index is -1.17. The van der Waals surface area contributed by atoms with E-state index in [9.17, 15) is 4.21 Å². The minimum absolute atomic E-state index is 0.111. The van der Waals surface area contributed by atoms with E-state index >= 15 is 0 Å². The molecule has 2 aromatic rings. The second-order valence-corrected chi connectivity index (χ2v) is 10.9. The van der Waals surface area contributed by atoms with Crippen LogP contribution in [0.15, 0.2) is 54.6 Å². The lowest BCUT2D eigenvalue weighted by atomic mass is 9.86. The Bertz CT molecular complexity index is 728. The van der Waals surface area contributed by atoms with Gasteiger partial charge in [-0.25, -0.2) is 8.93 Å². The summed E-state index contributed by atoms with van der Waals surface area (Å²) in [6, 6.07) is 18.5. The third kappa shape index (κ3) is 6.87. The summed E-state index contributed by atoms with van der Waals surface area (Å²) < 4.78 is 21.5. The highest BCUT2D eigenvalue weighted by molar-refractivity contribution is 7.84. The average molecular weight is 388 g/mol. The highest BCUT2D eigenvalue weighted by Gasteiger charge is 2.24. The molecule has 0 fully saturated rings. The van der Waals surface area contributed by atoms with Crippen molar-refractivity contribution in [2.45, 2.75) is 64.4 Å². The number of rotatable bonds is 7. The summed E-state index contributed by atoms with van der Waals surface area (Å²) in [5.41, 5.74) is 3.62. The van der Waals surface area contributed by atoms with Crippen LogP contribution in [0.3, 0.4) is 0 Å². The lowest BCUT2D eigenvalue weighted by molar-refractivity contribution is 0.104. The van der Waals surface area contributed by atoms with E-state index in [0.29, 0.717) is 13.2 Å². The predicted molar refractivity (Wildman–Crippen MR) is 115 cm³/mol. The normalized spacial score (nSPS) is 14.7. The first-order chi connectivity index (χ1) is 12.6. The molecule has 0 heterocycles. The van der Waals surface area contributed by atoms with Gasteiger partial charge >= 0.3 is 0 Å². The predicted octanol–water partition coefficient (Wildman–Crippen LogP) is 5.29. The zero-order valence-corrected chi connectivity index (χ0v) is 18.2. The van der Waals surface area contributed by atoms with Gasteiger partial charge in [0.25, 0.3) is 0 Å². The summed E-state index contributed by atoms with van der Waals surface area (Å²) in [4.78, 5) is 0. The number of nitrogens with one attached hydrogen (secondary N) is 1. The highest BCUT2D eigenvalue weighted by atomic mass is 32.2. The molecule has 0 aliphatic heterocycles. The molecule has 0 radical (unpaired) electrons. The molecule has 3 nitrogen and oxygen atoms in total. The molecule has 0 unspecified atom stereocenters. The Kier molecular flexibility index (Phi) is 7.38. The van der Waals surface area contributed by atoms with Crippen molar-refractivity contribution >= 4 is 11.0 Å². The van der Waals surface area contributed by atoms with Crippen LogP contribution in [0.2, 0.25) is 0 Å². The molecule has 0 aromatic heterocycles. The average Bonchev–Trinajstić information content (AvgIpc) is 2.60. The van der Waals surface area contributed by atoms with E-state index < -0.39 is 11.0 Å². The summed E-state index contributed by atoms with van der Waals surface area (Å²) in [6.07, 6.45) is 0. The summed E-state index contributed by atoms with van der Waals surface area (Å²) in [6.45, 7) is 13.5. The molecule has 0 spiro atoms. The van der Waals surface area contributed by atoms with Crippen LogP contribution in [-0.2, 0) is 27.7 Å². The Balaban J connectivity index is 2.12. The van der Waals surface area contributed by atoms with Crippen molar-refractivity contribution < 1.29 is 8.95 Å². The van der Waals surface area contributed by atoms with Crippen LogP contribution in [0.5, 0.6) is 0 Å². The van der Waals surface area contributed by atoms with Crippen molar-refractivity contribution in [2.24, 2.45) is 0 Å². The largest absolute Gasteiger partial charge is 0.375 e. The number of benzene rings is 2. The SMILES string of the molecule is CC(C)(C)c1ccc([C@H](COCc2ccccc2)N[S@](=O)C(C)(C)C)cc1. The number of ether oxygens (including phenoxy) is 1. The lowest BCUT2D eigenvalue weighted by Crippen LogP contribution is -2.37. The van der Waals surface area contributed by atoms with Crippen molar-refractivity contribution in [2.75, 3.05) is 6.61 Å². The first-order valence-electron chi connectivity index (χ1n) is 9.47. The molecule has 148 valence electrons. The van der Waals surface area contributed by atoms with Crippen LogP contribution in [0, 0.1) is 0 Å². The van der Waals surface area contributed by atoms with E-state index in [2.05, 4.69) is 49.8 Å². The number of hydrogen-bond donors (Lipinski definition) is 1. The maximum absolute atomic E-state index is 12.7. The molecule has 2 rings (SSSR count). The van der Waals surface area contributed by atoms with Crippen LogP contribution < -0.4 is 4.72 Å². The first kappa shape index (κ1) is 21.8. The monoisotopic (exact) mass is 387 g/mol. The summed E-state index contributed by atoms with van der Waals surface area (Å²) in [5, 5.41) is 0. The van der Waals surface area contributed by atoms with Gasteiger partial charge in [0.1, 0.15) is 0 Å². The molecule has 2 aromatic carbocycles. The molecular formula is C23H33NO2S. The van der Waals surface area contributed by atoms with Crippen LogP contribution in [0.4, 0.5) is 0 Å². The molecule has 0 aliphatic rings. The molecule has 27 heavy (non-hydrogen) atoms. The third-order valence-electron chi connectivity index (χ3n) is 4.38. The molecule has 4 heteroatoms. The van der Waals surface area contributed by atoms with Gasteiger partial charge in [-0.15, -0.1) is 0 Å². The molecule has 0 saturated heterocycles. The quantitative estimate of drug-likeness (QED) is 0.701. The van der Waals surface area contributed by atoms with Crippen LogP contribution >= 0.6 is 0 Å². The van der Waals surface area contributed by atoms with Crippen molar-refractivity contribution in [3.63, 3.8) is 0 Å². The smallest absolute Gasteiger partial charge is 0.0976 e. The van der Waals surface area contributed by atoms with E-state index in [1.54, 1.807) is 0 Å². The molecule has 0 aliphatic carbocycles. The molecule has 0 bridgehead atoms. The van der Waals surface area contributed by atoms with E-state index in [1.807, 2.05) is 51.1 Å². The Morgan fingerprint density at radius 3 is 2.04 bits per heavy atom. The van der Waals surface area contributed by atoms with Crippen molar-refractivity contribution in [3.05, 3.63) is 71.3 Å². The zero-order chi connectivity index (χ0) is 20.1. The van der Waals surface area contributed by atoms with Gasteiger partial charge in [-0.05, 0) is 42.9 Å². The van der Waals surface area contributed by atoms with Gasteiger partial charge in [0.05, 0.1) is 35.0 Å². The standard InChI is InChI=1S/C23H33NO2S/c1-22(2,3)20-14-12-19(13-15-20)21(24-27(25)23(4,5)6)17-26-16-18-10-8-7-9-11-18/h7-15,21,24H,16-17H2,1-6H3/t21-,27+/m0/s1. The van der Waals surface area contributed by atoms with Gasteiger partial charge in [-0.1, -0.05) is 75.4 Å². The minimum Gasteiger partial charge on any atom is -0.375 e. The lowest BCUT2D eigenvalue weighted by Gasteiger charge is -2.25. The van der Waals surface area contributed by atoms with Crippen LogP contribution in [-0.4, -0.2) is 15.6 Å². The van der Waals surface area contributed by atoms with Gasteiger partial charge in [-0.2, -0.15) is 0 Å². The van der Waals surface area contributed by atoms with Gasteiger partial charge in [0.15, 0.2) is 0 Å². The van der Waals surface area contributed by atoms with E-state index in [0.717, 1.165) is 11.1 Å². The van der Waals surface area contributed by atoms with Crippen LogP contribution in [0.25, 0.3) is 0 Å². The number of hydrogen-bond acceptors (Lipinski definition) is 2. The molecule has 1 N–H and O–H groups in total. The van der Waals surface area contributed by atoms with E-state index in [4.69, 9.17) is 4.74 Å². The van der Waals surface area contributed by atoms with Gasteiger partial charge in [0, 0.05) is 0 Å². The van der Waals surface area contributed by atoms with Gasteiger partial charge < -0.3 is 4.74 Å². The topological polar surface area (TPSA) is 38.3 Å². The summed E-state index contributed by atoms with van der Waals surface area (Å²) in [5.74, 6) is 0. The molecule has 0 amide bonds. The van der Waals surface area contributed by atoms with Gasteiger partial charge in [-0.3, -0.25) is 0 Å². The molecule has 2 atom stereocenters. The Morgan fingerprint density at radius 1 is 0.926 bits per heavy atom. The van der Waals surface area contributed by atoms with E-state index in [1.165, 1.54) is 5.56 Å². The summed E-state index contributed by atoms with van der Waals surface area (Å²) >= 11 is 0. The Labute approximate surface area is 167 Å². The second-order valence-electron chi connectivity index (χ2n) is 8.92. The fraction of sp³-hybridized carbons (Fsp3) is 0.478. The maximum atomic E-state index is 12.7. The first-order valence-corrected chi connectivity index (χ1v) is 10.6. The van der Waals surface area contributed by atoms with Crippen molar-refractivity contribution in [1.29, 1.82) is 0 Å². The summed E-state index contributed by atoms with van der Waals surface area (Å²) in [7, 11) is -1.17. The molecular weight excluding hydrogens is 354 g/mol. The zero-order valence-electron chi connectivity index (χ0n) is 17.4. The van der Waals surface area contributed by atoms with Crippen molar-refractivity contribution in [1.82, 2.24) is 4.72 Å². The van der Waals surface area contributed by atoms with Gasteiger partial charge in [0.2, 0.25) is 0 Å². The van der Waals surface area contributed by atoms with Crippen molar-refractivity contribution in [3.8, 4) is 0 Å². The Morgan fingerprint density at radius 2 is 1.52 bits per heavy atom. The fourth-order valence-corrected chi connectivity index (χ4v) is 3.40.